The highest BCUT2D eigenvalue weighted by atomic mass is 35.5. The van der Waals surface area contributed by atoms with Gasteiger partial charge >= 0.3 is 0 Å². The molecule has 246 valence electrons. The third-order valence-corrected chi connectivity index (χ3v) is 11.4. The van der Waals surface area contributed by atoms with Gasteiger partial charge in [-0.15, -0.1) is 0 Å². The first-order valence-electron chi connectivity index (χ1n) is 16.0. The van der Waals surface area contributed by atoms with E-state index in [2.05, 4.69) is 33.6 Å². The summed E-state index contributed by atoms with van der Waals surface area (Å²) in [4.78, 5) is 23.5. The van der Waals surface area contributed by atoms with Gasteiger partial charge in [0.25, 0.3) is 0 Å². The average Bonchev–Trinajstić information content (AvgIpc) is 3.62. The van der Waals surface area contributed by atoms with Gasteiger partial charge in [0, 0.05) is 96.8 Å². The van der Waals surface area contributed by atoms with Crippen molar-refractivity contribution >= 4 is 46.4 Å². The van der Waals surface area contributed by atoms with Crippen LogP contribution in [0.2, 0.25) is 20.4 Å². The van der Waals surface area contributed by atoms with Gasteiger partial charge in [-0.05, 0) is 12.8 Å². The maximum atomic E-state index is 7.05. The summed E-state index contributed by atoms with van der Waals surface area (Å²) in [5.41, 5.74) is 8.44. The Kier molecular flexibility index (Phi) is 8.18. The first-order chi connectivity index (χ1) is 23.1. The van der Waals surface area contributed by atoms with Gasteiger partial charge in [-0.2, -0.15) is 0 Å². The number of allylic oxidation sites excluding steroid dienone is 2. The zero-order valence-corrected chi connectivity index (χ0v) is 29.3. The topological polar surface area (TPSA) is 82.1 Å². The molecule has 4 aliphatic rings. The number of nitrogens with zero attached hydrogens (tertiary/aromatic N) is 6. The third kappa shape index (κ3) is 5.86. The van der Waals surface area contributed by atoms with Gasteiger partial charge < -0.3 is 10.6 Å². The molecule has 0 aliphatic carbocycles. The number of hydrogen-bond acceptors (Lipinski definition) is 8. The lowest BCUT2D eigenvalue weighted by molar-refractivity contribution is 0.0106. The predicted octanol–water partition coefficient (Wildman–Crippen LogP) is 7.50. The fourth-order valence-corrected chi connectivity index (χ4v) is 8.86. The minimum Gasteiger partial charge on any atom is -0.388 e. The summed E-state index contributed by atoms with van der Waals surface area (Å²) in [7, 11) is 0. The molecular weight excluding hydrogens is 686 g/mol. The van der Waals surface area contributed by atoms with Crippen molar-refractivity contribution < 1.29 is 0 Å². The monoisotopic (exact) mass is 718 g/mol. The second kappa shape index (κ2) is 12.3. The van der Waals surface area contributed by atoms with Crippen molar-refractivity contribution in [3.8, 4) is 33.6 Å². The molecule has 0 saturated carbocycles. The fraction of sp³-hybridized carbons (Fsp3) is 0.333. The molecule has 4 aliphatic heterocycles. The van der Waals surface area contributed by atoms with Gasteiger partial charge in [-0.3, -0.25) is 19.8 Å². The molecule has 0 atom stereocenters. The van der Waals surface area contributed by atoms with Gasteiger partial charge in [-0.1, -0.05) is 96.0 Å². The standard InChI is InChI=1S/C36H34Cl4N8/c1-21-9-35(15-43-21)17-47(18-35)13-29-33(39)45-27(11-41-29)25-7-3-5-23(31(25)37)24-6-4-8-26(32(24)38)28-12-42-30(34(40)46-28)14-48-19-36(20-48)10-22(2)44-16-36/h3-8,11-12,43-44H,1-2,9-10,13-20H2. The molecule has 0 unspecified atom stereocenters. The minimum absolute atomic E-state index is 0.285. The van der Waals surface area contributed by atoms with Crippen molar-refractivity contribution in [2.24, 2.45) is 10.8 Å². The fourth-order valence-electron chi connectivity index (χ4n) is 7.81. The van der Waals surface area contributed by atoms with E-state index in [1.165, 1.54) is 0 Å². The van der Waals surface area contributed by atoms with Crippen LogP contribution in [0.3, 0.4) is 0 Å². The molecule has 48 heavy (non-hydrogen) atoms. The van der Waals surface area contributed by atoms with Crippen LogP contribution in [0.15, 0.2) is 73.3 Å². The van der Waals surface area contributed by atoms with Crippen LogP contribution in [0, 0.1) is 10.8 Å². The lowest BCUT2D eigenvalue weighted by Gasteiger charge is -2.47. The molecule has 4 saturated heterocycles. The Morgan fingerprint density at radius 2 is 1.02 bits per heavy atom. The van der Waals surface area contributed by atoms with E-state index in [9.17, 15) is 0 Å². The maximum absolute atomic E-state index is 7.05. The number of benzene rings is 2. The summed E-state index contributed by atoms with van der Waals surface area (Å²) in [5.74, 6) is 0. The molecule has 2 aromatic carbocycles. The van der Waals surface area contributed by atoms with Crippen LogP contribution in [0.1, 0.15) is 24.2 Å². The molecule has 2 N–H and O–H groups in total. The molecule has 2 aromatic heterocycles. The number of halogens is 4. The van der Waals surface area contributed by atoms with E-state index in [1.54, 1.807) is 12.4 Å². The quantitative estimate of drug-likeness (QED) is 0.203. The zero-order chi connectivity index (χ0) is 33.2. The van der Waals surface area contributed by atoms with Crippen LogP contribution in [-0.4, -0.2) is 69.0 Å². The molecule has 12 heteroatoms. The third-order valence-electron chi connectivity index (χ3n) is 10.0. The molecule has 0 bridgehead atoms. The second-order valence-electron chi connectivity index (χ2n) is 13.9. The van der Waals surface area contributed by atoms with Gasteiger partial charge in [0.2, 0.25) is 0 Å². The Labute approximate surface area is 300 Å². The van der Waals surface area contributed by atoms with E-state index in [0.29, 0.717) is 56.0 Å². The summed E-state index contributed by atoms with van der Waals surface area (Å²) in [6.45, 7) is 15.4. The van der Waals surface area contributed by atoms with Crippen LogP contribution < -0.4 is 10.6 Å². The Morgan fingerprint density at radius 1 is 0.625 bits per heavy atom. The lowest BCUT2D eigenvalue weighted by atomic mass is 9.78. The van der Waals surface area contributed by atoms with Gasteiger partial charge in [-0.25, -0.2) is 9.97 Å². The van der Waals surface area contributed by atoms with Gasteiger partial charge in [0.1, 0.15) is 0 Å². The smallest absolute Gasteiger partial charge is 0.152 e. The Balaban J connectivity index is 0.990. The highest BCUT2D eigenvalue weighted by Gasteiger charge is 2.47. The van der Waals surface area contributed by atoms with Crippen molar-refractivity contribution in [1.29, 1.82) is 0 Å². The van der Waals surface area contributed by atoms with Crippen LogP contribution >= 0.6 is 46.4 Å². The van der Waals surface area contributed by atoms with E-state index in [0.717, 1.165) is 86.0 Å². The summed E-state index contributed by atoms with van der Waals surface area (Å²) in [5, 5.41) is 8.51. The molecule has 0 radical (unpaired) electrons. The van der Waals surface area contributed by atoms with E-state index in [4.69, 9.17) is 66.3 Å². The molecule has 6 heterocycles. The van der Waals surface area contributed by atoms with Gasteiger partial charge in [0.15, 0.2) is 10.3 Å². The SMILES string of the molecule is C=C1CC2(CN1)CN(Cc1ncc(-c3cccc(-c4cccc(-c5cnc(CN6CC7(CNC(=C)C7)C6)c(Cl)n5)c4Cl)c3Cl)nc1Cl)C2. The van der Waals surface area contributed by atoms with E-state index in [-0.39, 0.29) is 10.8 Å². The average molecular weight is 721 g/mol. The first kappa shape index (κ1) is 32.0. The van der Waals surface area contributed by atoms with E-state index < -0.39 is 0 Å². The predicted molar refractivity (Wildman–Crippen MR) is 193 cm³/mol. The summed E-state index contributed by atoms with van der Waals surface area (Å²) >= 11 is 27.5. The number of hydrogen-bond donors (Lipinski definition) is 2. The van der Waals surface area contributed by atoms with Crippen LogP contribution in [0.25, 0.3) is 33.6 Å². The highest BCUT2D eigenvalue weighted by Crippen LogP contribution is 2.44. The molecule has 2 spiro atoms. The summed E-state index contributed by atoms with van der Waals surface area (Å²) < 4.78 is 0. The van der Waals surface area contributed by atoms with Crippen molar-refractivity contribution in [3.05, 3.63) is 105 Å². The first-order valence-corrected chi connectivity index (χ1v) is 17.5. The van der Waals surface area contributed by atoms with Crippen molar-refractivity contribution in [3.63, 3.8) is 0 Å². The maximum Gasteiger partial charge on any atom is 0.152 e. The molecule has 8 rings (SSSR count). The van der Waals surface area contributed by atoms with Crippen molar-refractivity contribution in [2.45, 2.75) is 25.9 Å². The Hall–Kier alpha value is -3.24. The van der Waals surface area contributed by atoms with E-state index >= 15 is 0 Å². The Bertz CT molecular complexity index is 1830. The van der Waals surface area contributed by atoms with Crippen LogP contribution in [0.4, 0.5) is 0 Å². The normalized spacial score (nSPS) is 19.8. The lowest BCUT2D eigenvalue weighted by Crippen LogP contribution is -2.56. The van der Waals surface area contributed by atoms with Gasteiger partial charge in [0.05, 0.1) is 45.2 Å². The minimum atomic E-state index is 0.285. The molecule has 4 aromatic rings. The van der Waals surface area contributed by atoms with Crippen LogP contribution in [0.5, 0.6) is 0 Å². The number of nitrogens with one attached hydrogen (secondary N) is 2. The Morgan fingerprint density at radius 3 is 1.38 bits per heavy atom. The van der Waals surface area contributed by atoms with Crippen LogP contribution in [-0.2, 0) is 13.1 Å². The second-order valence-corrected chi connectivity index (χ2v) is 15.3. The molecule has 8 nitrogen and oxygen atoms in total. The zero-order valence-electron chi connectivity index (χ0n) is 26.3. The summed E-state index contributed by atoms with van der Waals surface area (Å²) in [6.07, 6.45) is 5.51. The summed E-state index contributed by atoms with van der Waals surface area (Å²) in [6, 6.07) is 11.5. The molecular formula is C36H34Cl4N8. The van der Waals surface area contributed by atoms with Crippen molar-refractivity contribution in [2.75, 3.05) is 39.3 Å². The van der Waals surface area contributed by atoms with E-state index in [1.807, 2.05) is 36.4 Å². The number of aromatic nitrogens is 4. The molecule has 4 fully saturated rings. The number of rotatable bonds is 7. The molecule has 0 amide bonds. The van der Waals surface area contributed by atoms with Crippen molar-refractivity contribution in [1.82, 2.24) is 40.4 Å². The largest absolute Gasteiger partial charge is 0.388 e. The number of likely N-dealkylation sites (tertiary alicyclic amines) is 2. The highest BCUT2D eigenvalue weighted by molar-refractivity contribution is 6.39.